The molecule has 2 saturated carbocycles. The Morgan fingerprint density at radius 2 is 1.46 bits per heavy atom. The molecule has 1 radical (unpaired) electrons. The predicted molar refractivity (Wildman–Crippen MR) is 87.3 cm³/mol. The molecule has 2 aliphatic rings. The van der Waals surface area contributed by atoms with Gasteiger partial charge in [-0.05, 0) is 57.8 Å². The monoisotopic (exact) mass is 341 g/mol. The van der Waals surface area contributed by atoms with Crippen molar-refractivity contribution in [1.29, 1.82) is 0 Å². The fourth-order valence-corrected chi connectivity index (χ4v) is 3.21. The highest BCUT2D eigenvalue weighted by molar-refractivity contribution is 5.62. The Kier molecular flexibility index (Phi) is 8.19. The van der Waals surface area contributed by atoms with Crippen molar-refractivity contribution in [2.75, 3.05) is 0 Å². The summed E-state index contributed by atoms with van der Waals surface area (Å²) >= 11 is 0. The van der Waals surface area contributed by atoms with Crippen molar-refractivity contribution in [2.45, 2.75) is 95.9 Å². The summed E-state index contributed by atoms with van der Waals surface area (Å²) < 4.78 is 20.8. The standard InChI is InChI=1S/C18H29O6/c1-2-8-16(24-18(20)23-15-11-6-7-12-15)13-21-17(19)22-14-9-4-3-5-10-14/h13-16H,2-12H2,1H3. The van der Waals surface area contributed by atoms with Crippen LogP contribution >= 0.6 is 0 Å². The Labute approximate surface area is 144 Å². The highest BCUT2D eigenvalue weighted by Crippen LogP contribution is 2.23. The topological polar surface area (TPSA) is 71.1 Å². The quantitative estimate of drug-likeness (QED) is 0.613. The molecule has 0 saturated heterocycles. The zero-order valence-corrected chi connectivity index (χ0v) is 14.5. The van der Waals surface area contributed by atoms with E-state index in [1.165, 1.54) is 13.0 Å². The number of rotatable bonds is 7. The lowest BCUT2D eigenvalue weighted by Crippen LogP contribution is -2.26. The SMILES string of the molecule is CCCC([CH]OC(=O)OC1CCCCC1)OC(=O)OC1CCCC1. The molecule has 0 aromatic heterocycles. The highest BCUT2D eigenvalue weighted by atomic mass is 16.8. The first-order valence-electron chi connectivity index (χ1n) is 9.25. The molecule has 1 unspecified atom stereocenters. The van der Waals surface area contributed by atoms with Crippen LogP contribution in [0.3, 0.4) is 0 Å². The highest BCUT2D eigenvalue weighted by Gasteiger charge is 2.24. The van der Waals surface area contributed by atoms with Crippen LogP contribution in [0, 0.1) is 6.61 Å². The Bertz CT molecular complexity index is 385. The molecule has 2 rings (SSSR count). The molecule has 2 aliphatic carbocycles. The fraction of sp³-hybridized carbons (Fsp3) is 0.833. The van der Waals surface area contributed by atoms with Gasteiger partial charge in [-0.3, -0.25) is 0 Å². The Balaban J connectivity index is 1.67. The van der Waals surface area contributed by atoms with Crippen LogP contribution in [-0.2, 0) is 18.9 Å². The summed E-state index contributed by atoms with van der Waals surface area (Å²) in [5.41, 5.74) is 0. The lowest BCUT2D eigenvalue weighted by atomic mass is 9.98. The van der Waals surface area contributed by atoms with Crippen LogP contribution in [0.5, 0.6) is 0 Å². The molecule has 1 atom stereocenters. The molecule has 0 spiro atoms. The smallest absolute Gasteiger partial charge is 0.431 e. The molecule has 137 valence electrons. The van der Waals surface area contributed by atoms with Gasteiger partial charge in [-0.2, -0.15) is 0 Å². The van der Waals surface area contributed by atoms with Crippen molar-refractivity contribution in [1.82, 2.24) is 0 Å². The average Bonchev–Trinajstić information content (AvgIpc) is 3.06. The van der Waals surface area contributed by atoms with Crippen LogP contribution in [0.2, 0.25) is 0 Å². The maximum absolute atomic E-state index is 11.8. The van der Waals surface area contributed by atoms with Crippen LogP contribution < -0.4 is 0 Å². The summed E-state index contributed by atoms with van der Waals surface area (Å²) in [5, 5.41) is 0. The Morgan fingerprint density at radius 1 is 0.917 bits per heavy atom. The number of ether oxygens (including phenoxy) is 4. The van der Waals surface area contributed by atoms with Gasteiger partial charge in [-0.15, -0.1) is 0 Å². The van der Waals surface area contributed by atoms with Gasteiger partial charge in [0.2, 0.25) is 0 Å². The second-order valence-electron chi connectivity index (χ2n) is 6.60. The molecule has 0 amide bonds. The summed E-state index contributed by atoms with van der Waals surface area (Å²) in [4.78, 5) is 23.5. The van der Waals surface area contributed by atoms with E-state index < -0.39 is 18.4 Å². The molecule has 0 heterocycles. The molecule has 0 N–H and O–H groups in total. The average molecular weight is 341 g/mol. The van der Waals surface area contributed by atoms with E-state index in [1.807, 2.05) is 6.92 Å². The largest absolute Gasteiger partial charge is 0.509 e. The second-order valence-corrected chi connectivity index (χ2v) is 6.60. The third kappa shape index (κ3) is 6.97. The molecule has 24 heavy (non-hydrogen) atoms. The maximum Gasteiger partial charge on any atom is 0.509 e. The van der Waals surface area contributed by atoms with E-state index in [1.54, 1.807) is 0 Å². The van der Waals surface area contributed by atoms with Gasteiger partial charge >= 0.3 is 12.3 Å². The molecular weight excluding hydrogens is 312 g/mol. The normalized spacial score (nSPS) is 20.4. The van der Waals surface area contributed by atoms with Gasteiger partial charge < -0.3 is 18.9 Å². The van der Waals surface area contributed by atoms with E-state index in [0.717, 1.165) is 57.8 Å². The number of carbonyl (C=O) groups excluding carboxylic acids is 2. The summed E-state index contributed by atoms with van der Waals surface area (Å²) in [6, 6.07) is 0. The predicted octanol–water partition coefficient (Wildman–Crippen LogP) is 4.90. The molecule has 0 aromatic carbocycles. The van der Waals surface area contributed by atoms with Crippen LogP contribution in [-0.4, -0.2) is 30.6 Å². The summed E-state index contributed by atoms with van der Waals surface area (Å²) in [5.74, 6) is 0. The molecule has 2 fully saturated rings. The van der Waals surface area contributed by atoms with E-state index in [-0.39, 0.29) is 12.2 Å². The fourth-order valence-electron chi connectivity index (χ4n) is 3.21. The first-order chi connectivity index (χ1) is 11.7. The van der Waals surface area contributed by atoms with Crippen molar-refractivity contribution in [2.24, 2.45) is 0 Å². The van der Waals surface area contributed by atoms with Gasteiger partial charge in [-0.1, -0.05) is 19.8 Å². The maximum atomic E-state index is 11.8. The van der Waals surface area contributed by atoms with Crippen LogP contribution in [0.15, 0.2) is 0 Å². The van der Waals surface area contributed by atoms with E-state index >= 15 is 0 Å². The summed E-state index contributed by atoms with van der Waals surface area (Å²) in [6.45, 7) is 3.21. The van der Waals surface area contributed by atoms with E-state index in [4.69, 9.17) is 18.9 Å². The van der Waals surface area contributed by atoms with E-state index in [0.29, 0.717) is 6.42 Å². The summed E-state index contributed by atoms with van der Waals surface area (Å²) in [7, 11) is 0. The number of hydrogen-bond acceptors (Lipinski definition) is 6. The molecule has 0 bridgehead atoms. The van der Waals surface area contributed by atoms with Crippen molar-refractivity contribution >= 4 is 12.3 Å². The second kappa shape index (κ2) is 10.4. The first kappa shape index (κ1) is 18.9. The molecule has 0 aliphatic heterocycles. The van der Waals surface area contributed by atoms with Gasteiger partial charge in [0.05, 0.1) is 0 Å². The molecule has 6 heteroatoms. The van der Waals surface area contributed by atoms with Crippen molar-refractivity contribution < 1.29 is 28.5 Å². The zero-order valence-electron chi connectivity index (χ0n) is 14.5. The van der Waals surface area contributed by atoms with E-state index in [9.17, 15) is 9.59 Å². The minimum Gasteiger partial charge on any atom is -0.431 e. The lowest BCUT2D eigenvalue weighted by Gasteiger charge is -2.22. The number of carbonyl (C=O) groups is 2. The van der Waals surface area contributed by atoms with E-state index in [2.05, 4.69) is 0 Å². The van der Waals surface area contributed by atoms with Gasteiger partial charge in [0.25, 0.3) is 0 Å². The minimum atomic E-state index is -0.726. The first-order valence-corrected chi connectivity index (χ1v) is 9.25. The number of hydrogen-bond donors (Lipinski definition) is 0. The summed E-state index contributed by atoms with van der Waals surface area (Å²) in [6.07, 6.45) is 8.29. The van der Waals surface area contributed by atoms with Gasteiger partial charge in [0, 0.05) is 0 Å². The van der Waals surface area contributed by atoms with Crippen molar-refractivity contribution in [3.63, 3.8) is 0 Å². The molecule has 6 nitrogen and oxygen atoms in total. The third-order valence-electron chi connectivity index (χ3n) is 4.52. The third-order valence-corrected chi connectivity index (χ3v) is 4.52. The zero-order chi connectivity index (χ0) is 17.2. The lowest BCUT2D eigenvalue weighted by molar-refractivity contribution is -0.0203. The minimum absolute atomic E-state index is 0.0445. The van der Waals surface area contributed by atoms with Crippen LogP contribution in [0.4, 0.5) is 9.59 Å². The Morgan fingerprint density at radius 3 is 2.04 bits per heavy atom. The van der Waals surface area contributed by atoms with Crippen LogP contribution in [0.1, 0.15) is 77.6 Å². The van der Waals surface area contributed by atoms with Gasteiger partial charge in [-0.25, -0.2) is 9.59 Å². The van der Waals surface area contributed by atoms with Crippen molar-refractivity contribution in [3.05, 3.63) is 6.61 Å². The molecular formula is C18H29O6. The van der Waals surface area contributed by atoms with Gasteiger partial charge in [0.1, 0.15) is 18.3 Å². The van der Waals surface area contributed by atoms with Gasteiger partial charge in [0.15, 0.2) is 6.61 Å². The molecule has 0 aromatic rings. The van der Waals surface area contributed by atoms with Crippen molar-refractivity contribution in [3.8, 4) is 0 Å². The Hall–Kier alpha value is -1.46. The van der Waals surface area contributed by atoms with Crippen LogP contribution in [0.25, 0.3) is 0 Å².